The van der Waals surface area contributed by atoms with E-state index in [1.165, 1.54) is 12.3 Å². The molecule has 1 aliphatic heterocycles. The number of aliphatic hydroxyl groups excluding tert-OH is 1. The second-order valence-electron chi connectivity index (χ2n) is 5.81. The quantitative estimate of drug-likeness (QED) is 0.832. The SMILES string of the molecule is O=C(Nc1cccnc1N1CCC(CO)CC1)c1ccnc(Cl)c1. The Kier molecular flexibility index (Phi) is 5.27. The van der Waals surface area contributed by atoms with Crippen LogP contribution < -0.4 is 10.2 Å². The van der Waals surface area contributed by atoms with E-state index in [0.29, 0.717) is 17.2 Å². The number of nitrogens with zero attached hydrogens (tertiary/aromatic N) is 3. The molecule has 7 heteroatoms. The van der Waals surface area contributed by atoms with Crippen LogP contribution in [-0.4, -0.2) is 40.7 Å². The Morgan fingerprint density at radius 2 is 2.08 bits per heavy atom. The third kappa shape index (κ3) is 3.83. The monoisotopic (exact) mass is 346 g/mol. The number of carbonyl (C=O) groups excluding carboxylic acids is 1. The maximum Gasteiger partial charge on any atom is 0.255 e. The Morgan fingerprint density at radius 3 is 2.79 bits per heavy atom. The number of nitrogens with one attached hydrogen (secondary N) is 1. The first-order valence-electron chi connectivity index (χ1n) is 7.91. The van der Waals surface area contributed by atoms with Crippen LogP contribution in [0.3, 0.4) is 0 Å². The molecule has 0 bridgehead atoms. The lowest BCUT2D eigenvalue weighted by Crippen LogP contribution is -2.35. The van der Waals surface area contributed by atoms with Crippen molar-refractivity contribution in [2.24, 2.45) is 5.92 Å². The van der Waals surface area contributed by atoms with Crippen LogP contribution in [0.5, 0.6) is 0 Å². The van der Waals surface area contributed by atoms with Gasteiger partial charge in [0.1, 0.15) is 5.15 Å². The number of piperidine rings is 1. The minimum absolute atomic E-state index is 0.225. The smallest absolute Gasteiger partial charge is 0.255 e. The predicted molar refractivity (Wildman–Crippen MR) is 93.5 cm³/mol. The minimum atomic E-state index is -0.251. The third-order valence-corrected chi connectivity index (χ3v) is 4.40. The summed E-state index contributed by atoms with van der Waals surface area (Å²) in [6, 6.07) is 6.77. The van der Waals surface area contributed by atoms with Gasteiger partial charge in [-0.05, 0) is 43.0 Å². The van der Waals surface area contributed by atoms with Gasteiger partial charge in [0.2, 0.25) is 0 Å². The van der Waals surface area contributed by atoms with E-state index in [-0.39, 0.29) is 17.7 Å². The molecular formula is C17H19ClN4O2. The molecule has 0 unspecified atom stereocenters. The van der Waals surface area contributed by atoms with E-state index in [4.69, 9.17) is 11.6 Å². The first-order valence-corrected chi connectivity index (χ1v) is 8.29. The number of hydrogen-bond donors (Lipinski definition) is 2. The van der Waals surface area contributed by atoms with E-state index in [1.54, 1.807) is 18.3 Å². The van der Waals surface area contributed by atoms with Crippen molar-refractivity contribution >= 4 is 29.0 Å². The van der Waals surface area contributed by atoms with Gasteiger partial charge in [-0.2, -0.15) is 0 Å². The molecule has 2 N–H and O–H groups in total. The summed E-state index contributed by atoms with van der Waals surface area (Å²) in [6.07, 6.45) is 5.05. The third-order valence-electron chi connectivity index (χ3n) is 4.20. The van der Waals surface area contributed by atoms with Gasteiger partial charge in [-0.15, -0.1) is 0 Å². The Labute approximate surface area is 145 Å². The largest absolute Gasteiger partial charge is 0.396 e. The van der Waals surface area contributed by atoms with Gasteiger partial charge in [0.25, 0.3) is 5.91 Å². The number of hydrogen-bond acceptors (Lipinski definition) is 5. The zero-order valence-corrected chi connectivity index (χ0v) is 13.9. The van der Waals surface area contributed by atoms with E-state index in [0.717, 1.165) is 31.7 Å². The summed E-state index contributed by atoms with van der Waals surface area (Å²) in [7, 11) is 0. The van der Waals surface area contributed by atoms with Crippen LogP contribution in [0, 0.1) is 5.92 Å². The fourth-order valence-corrected chi connectivity index (χ4v) is 2.99. The van der Waals surface area contributed by atoms with Crippen LogP contribution in [0.2, 0.25) is 5.15 Å². The van der Waals surface area contributed by atoms with Crippen LogP contribution in [0.1, 0.15) is 23.2 Å². The van der Waals surface area contributed by atoms with Gasteiger partial charge >= 0.3 is 0 Å². The highest BCUT2D eigenvalue weighted by atomic mass is 35.5. The molecule has 24 heavy (non-hydrogen) atoms. The molecule has 3 heterocycles. The molecule has 1 fully saturated rings. The zero-order chi connectivity index (χ0) is 16.9. The summed E-state index contributed by atoms with van der Waals surface area (Å²) in [5.41, 5.74) is 1.11. The minimum Gasteiger partial charge on any atom is -0.396 e. The Bertz CT molecular complexity index is 717. The number of halogens is 1. The molecule has 2 aromatic heterocycles. The predicted octanol–water partition coefficient (Wildman–Crippen LogP) is 2.59. The van der Waals surface area contributed by atoms with Gasteiger partial charge < -0.3 is 15.3 Å². The lowest BCUT2D eigenvalue weighted by Gasteiger charge is -2.33. The van der Waals surface area contributed by atoms with Crippen molar-refractivity contribution < 1.29 is 9.90 Å². The molecule has 1 saturated heterocycles. The fourth-order valence-electron chi connectivity index (χ4n) is 2.81. The van der Waals surface area contributed by atoms with Gasteiger partial charge in [-0.25, -0.2) is 9.97 Å². The zero-order valence-electron chi connectivity index (χ0n) is 13.2. The molecule has 3 rings (SSSR count). The van der Waals surface area contributed by atoms with Crippen LogP contribution >= 0.6 is 11.6 Å². The molecule has 0 spiro atoms. The van der Waals surface area contributed by atoms with Crippen molar-refractivity contribution in [1.29, 1.82) is 0 Å². The van der Waals surface area contributed by atoms with Crippen LogP contribution in [-0.2, 0) is 0 Å². The molecular weight excluding hydrogens is 328 g/mol. The lowest BCUT2D eigenvalue weighted by molar-refractivity contribution is 0.102. The highest BCUT2D eigenvalue weighted by Crippen LogP contribution is 2.28. The summed E-state index contributed by atoms with van der Waals surface area (Å²) < 4.78 is 0. The first kappa shape index (κ1) is 16.7. The van der Waals surface area contributed by atoms with E-state index >= 15 is 0 Å². The Morgan fingerprint density at radius 1 is 1.29 bits per heavy atom. The number of amides is 1. The van der Waals surface area contributed by atoms with Gasteiger partial charge in [0, 0.05) is 37.7 Å². The summed E-state index contributed by atoms with van der Waals surface area (Å²) in [5.74, 6) is 0.850. The second kappa shape index (κ2) is 7.59. The second-order valence-corrected chi connectivity index (χ2v) is 6.20. The normalized spacial score (nSPS) is 15.3. The number of aliphatic hydroxyl groups is 1. The molecule has 126 valence electrons. The van der Waals surface area contributed by atoms with Crippen molar-refractivity contribution in [1.82, 2.24) is 9.97 Å². The van der Waals surface area contributed by atoms with Crippen molar-refractivity contribution in [3.63, 3.8) is 0 Å². The van der Waals surface area contributed by atoms with Crippen molar-refractivity contribution in [2.45, 2.75) is 12.8 Å². The molecule has 0 radical (unpaired) electrons. The van der Waals surface area contributed by atoms with Crippen molar-refractivity contribution in [3.8, 4) is 0 Å². The molecule has 1 amide bonds. The summed E-state index contributed by atoms with van der Waals surface area (Å²) in [4.78, 5) is 22.9. The Hall–Kier alpha value is -2.18. The maximum absolute atomic E-state index is 12.4. The van der Waals surface area contributed by atoms with Crippen LogP contribution in [0.15, 0.2) is 36.7 Å². The molecule has 6 nitrogen and oxygen atoms in total. The highest BCUT2D eigenvalue weighted by Gasteiger charge is 2.22. The topological polar surface area (TPSA) is 78.4 Å². The molecule has 0 aliphatic carbocycles. The summed E-state index contributed by atoms with van der Waals surface area (Å²) in [6.45, 7) is 1.85. The lowest BCUT2D eigenvalue weighted by atomic mass is 9.98. The van der Waals surface area contributed by atoms with E-state index < -0.39 is 0 Å². The van der Waals surface area contributed by atoms with Gasteiger partial charge in [0.15, 0.2) is 5.82 Å². The number of pyridine rings is 2. The Balaban J connectivity index is 1.76. The maximum atomic E-state index is 12.4. The van der Waals surface area contributed by atoms with Crippen LogP contribution in [0.25, 0.3) is 0 Å². The first-order chi connectivity index (χ1) is 11.7. The van der Waals surface area contributed by atoms with Crippen molar-refractivity contribution in [3.05, 3.63) is 47.4 Å². The van der Waals surface area contributed by atoms with E-state index in [9.17, 15) is 9.90 Å². The van der Waals surface area contributed by atoms with Crippen LogP contribution in [0.4, 0.5) is 11.5 Å². The number of anilines is 2. The summed E-state index contributed by atoms with van der Waals surface area (Å²) >= 11 is 5.84. The average molecular weight is 347 g/mol. The molecule has 1 aliphatic rings. The number of rotatable bonds is 4. The summed E-state index contributed by atoms with van der Waals surface area (Å²) in [5, 5.41) is 12.4. The number of carbonyl (C=O) groups is 1. The van der Waals surface area contributed by atoms with Gasteiger partial charge in [-0.3, -0.25) is 4.79 Å². The average Bonchev–Trinajstić information content (AvgIpc) is 2.62. The highest BCUT2D eigenvalue weighted by molar-refractivity contribution is 6.29. The van der Waals surface area contributed by atoms with E-state index in [1.807, 2.05) is 6.07 Å². The molecule has 0 saturated carbocycles. The van der Waals surface area contributed by atoms with Gasteiger partial charge in [-0.1, -0.05) is 11.6 Å². The standard InChI is InChI=1S/C17H19ClN4O2/c18-15-10-13(3-7-19-15)17(24)21-14-2-1-6-20-16(14)22-8-4-12(11-23)5-9-22/h1-3,6-7,10,12,23H,4-5,8-9,11H2,(H,21,24). The van der Waals surface area contributed by atoms with Gasteiger partial charge in [0.05, 0.1) is 5.69 Å². The molecule has 0 aromatic carbocycles. The fraction of sp³-hybridized carbons (Fsp3) is 0.353. The van der Waals surface area contributed by atoms with E-state index in [2.05, 4.69) is 20.2 Å². The molecule has 2 aromatic rings. The molecule has 0 atom stereocenters. The number of aromatic nitrogens is 2. The van der Waals surface area contributed by atoms with Crippen molar-refractivity contribution in [2.75, 3.05) is 29.9 Å².